The van der Waals surface area contributed by atoms with Crippen LogP contribution in [0.1, 0.15) is 33.4 Å². The fourth-order valence-electron chi connectivity index (χ4n) is 3.56. The first-order valence-corrected chi connectivity index (χ1v) is 9.45. The molecule has 0 radical (unpaired) electrons. The van der Waals surface area contributed by atoms with E-state index in [1.165, 1.54) is 28.3 Å². The van der Waals surface area contributed by atoms with E-state index >= 15 is 0 Å². The number of hydrogen-bond donors (Lipinski definition) is 0. The number of benzene rings is 3. The van der Waals surface area contributed by atoms with E-state index in [2.05, 4.69) is 35.9 Å². The summed E-state index contributed by atoms with van der Waals surface area (Å²) in [6.45, 7) is 6.04. The van der Waals surface area contributed by atoms with Gasteiger partial charge in [0.25, 0.3) is 0 Å². The predicted octanol–water partition coefficient (Wildman–Crippen LogP) is 6.59. The van der Waals surface area contributed by atoms with Gasteiger partial charge in [0.1, 0.15) is 0 Å². The third-order valence-electron chi connectivity index (χ3n) is 5.33. The van der Waals surface area contributed by atoms with Crippen molar-refractivity contribution in [3.63, 3.8) is 0 Å². The second-order valence-electron chi connectivity index (χ2n) is 7.46. The first-order chi connectivity index (χ1) is 13.8. The number of aliphatic imine (C=N–C) groups is 1. The van der Waals surface area contributed by atoms with Gasteiger partial charge in [-0.05, 0) is 72.0 Å². The van der Waals surface area contributed by atoms with E-state index in [1.807, 2.05) is 24.3 Å². The third kappa shape index (κ3) is 4.19. The molecule has 0 fully saturated rings. The molecule has 1 aliphatic heterocycles. The number of halogens is 3. The van der Waals surface area contributed by atoms with Crippen molar-refractivity contribution in [2.75, 3.05) is 4.90 Å². The lowest BCUT2D eigenvalue weighted by Gasteiger charge is -2.17. The van der Waals surface area contributed by atoms with Crippen LogP contribution in [0.3, 0.4) is 0 Å². The van der Waals surface area contributed by atoms with E-state index in [1.54, 1.807) is 12.3 Å². The zero-order chi connectivity index (χ0) is 20.6. The minimum absolute atomic E-state index is 0.282. The van der Waals surface area contributed by atoms with Crippen molar-refractivity contribution in [3.8, 4) is 0 Å². The van der Waals surface area contributed by atoms with E-state index < -0.39 is 11.7 Å². The summed E-state index contributed by atoms with van der Waals surface area (Å²) in [4.78, 5) is 6.51. The molecular formula is C24H21F3N2. The molecule has 1 aliphatic rings. The Labute approximate surface area is 168 Å². The predicted molar refractivity (Wildman–Crippen MR) is 111 cm³/mol. The van der Waals surface area contributed by atoms with Gasteiger partial charge in [-0.15, -0.1) is 0 Å². The fraction of sp³-hybridized carbons (Fsp3) is 0.208. The van der Waals surface area contributed by atoms with Crippen LogP contribution in [-0.2, 0) is 19.3 Å². The SMILES string of the molecule is Cc1cc2c(cc1C)CN(c1ccc(C=Nc3cccc(C(F)(F)F)c3)cc1)C2. The van der Waals surface area contributed by atoms with Crippen LogP contribution in [0.25, 0.3) is 0 Å². The molecule has 1 heterocycles. The average Bonchev–Trinajstić information content (AvgIpc) is 3.09. The number of fused-ring (bicyclic) bond motifs is 1. The molecule has 0 unspecified atom stereocenters. The van der Waals surface area contributed by atoms with Gasteiger partial charge in [-0.25, -0.2) is 0 Å². The molecule has 0 N–H and O–H groups in total. The van der Waals surface area contributed by atoms with Gasteiger partial charge in [0.2, 0.25) is 0 Å². The summed E-state index contributed by atoms with van der Waals surface area (Å²) in [7, 11) is 0. The zero-order valence-electron chi connectivity index (χ0n) is 16.3. The molecule has 5 heteroatoms. The molecule has 0 atom stereocenters. The summed E-state index contributed by atoms with van der Waals surface area (Å²) in [5.41, 5.74) is 6.90. The summed E-state index contributed by atoms with van der Waals surface area (Å²) in [6.07, 6.45) is -2.78. The monoisotopic (exact) mass is 394 g/mol. The minimum atomic E-state index is -4.36. The van der Waals surface area contributed by atoms with Crippen LogP contribution >= 0.6 is 0 Å². The molecule has 0 spiro atoms. The first kappa shape index (κ1) is 19.2. The Morgan fingerprint density at radius 2 is 1.48 bits per heavy atom. The molecule has 3 aromatic carbocycles. The van der Waals surface area contributed by atoms with Crippen molar-refractivity contribution in [2.24, 2.45) is 4.99 Å². The maximum atomic E-state index is 12.8. The van der Waals surface area contributed by atoms with Crippen molar-refractivity contribution in [1.82, 2.24) is 0 Å². The van der Waals surface area contributed by atoms with Crippen molar-refractivity contribution < 1.29 is 13.2 Å². The maximum absolute atomic E-state index is 12.8. The Bertz CT molecular complexity index is 1040. The summed E-state index contributed by atoms with van der Waals surface area (Å²) in [5.74, 6) is 0. The van der Waals surface area contributed by atoms with E-state index in [4.69, 9.17) is 0 Å². The van der Waals surface area contributed by atoms with Gasteiger partial charge < -0.3 is 4.90 Å². The van der Waals surface area contributed by atoms with Crippen LogP contribution < -0.4 is 4.90 Å². The summed E-state index contributed by atoms with van der Waals surface area (Å²) < 4.78 is 38.4. The van der Waals surface area contributed by atoms with Crippen molar-refractivity contribution in [1.29, 1.82) is 0 Å². The quantitative estimate of drug-likeness (QED) is 0.457. The van der Waals surface area contributed by atoms with Crippen LogP contribution in [0.15, 0.2) is 65.7 Å². The first-order valence-electron chi connectivity index (χ1n) is 9.45. The Balaban J connectivity index is 1.47. The highest BCUT2D eigenvalue weighted by Crippen LogP contribution is 2.32. The van der Waals surface area contributed by atoms with Gasteiger partial charge in [0.15, 0.2) is 0 Å². The van der Waals surface area contributed by atoms with E-state index in [-0.39, 0.29) is 5.69 Å². The van der Waals surface area contributed by atoms with Crippen LogP contribution in [-0.4, -0.2) is 6.21 Å². The van der Waals surface area contributed by atoms with Crippen molar-refractivity contribution in [2.45, 2.75) is 33.1 Å². The normalized spacial score (nSPS) is 13.9. The number of anilines is 1. The third-order valence-corrected chi connectivity index (χ3v) is 5.33. The lowest BCUT2D eigenvalue weighted by molar-refractivity contribution is -0.137. The molecular weight excluding hydrogens is 373 g/mol. The molecule has 148 valence electrons. The van der Waals surface area contributed by atoms with Gasteiger partial charge in [0, 0.05) is 25.0 Å². The topological polar surface area (TPSA) is 15.6 Å². The minimum Gasteiger partial charge on any atom is -0.363 e. The Morgan fingerprint density at radius 3 is 2.07 bits per heavy atom. The van der Waals surface area contributed by atoms with Crippen molar-refractivity contribution >= 4 is 17.6 Å². The molecule has 0 saturated heterocycles. The van der Waals surface area contributed by atoms with Gasteiger partial charge in [-0.3, -0.25) is 4.99 Å². The Morgan fingerprint density at radius 1 is 0.862 bits per heavy atom. The van der Waals surface area contributed by atoms with Gasteiger partial charge in [-0.2, -0.15) is 13.2 Å². The molecule has 29 heavy (non-hydrogen) atoms. The highest BCUT2D eigenvalue weighted by atomic mass is 19.4. The molecule has 3 aromatic rings. The molecule has 0 bridgehead atoms. The summed E-state index contributed by atoms with van der Waals surface area (Å²) in [6, 6.07) is 17.5. The second kappa shape index (κ2) is 7.39. The standard InChI is InChI=1S/C24H21F3N2/c1-16-10-19-14-29(15-20(19)11-17(16)2)23-8-6-18(7-9-23)13-28-22-5-3-4-21(12-22)24(25,26)27/h3-13H,14-15H2,1-2H3. The van der Waals surface area contributed by atoms with E-state index in [9.17, 15) is 13.2 Å². The van der Waals surface area contributed by atoms with Gasteiger partial charge in [-0.1, -0.05) is 30.3 Å². The second-order valence-corrected chi connectivity index (χ2v) is 7.46. The van der Waals surface area contributed by atoms with Crippen LogP contribution in [0.2, 0.25) is 0 Å². The Kier molecular flexibility index (Phi) is 4.91. The van der Waals surface area contributed by atoms with Gasteiger partial charge >= 0.3 is 6.18 Å². The van der Waals surface area contributed by atoms with Crippen LogP contribution in [0.4, 0.5) is 24.5 Å². The maximum Gasteiger partial charge on any atom is 0.416 e. The van der Waals surface area contributed by atoms with Crippen molar-refractivity contribution in [3.05, 3.63) is 94.0 Å². The molecule has 0 aliphatic carbocycles. The molecule has 0 amide bonds. The average molecular weight is 394 g/mol. The smallest absolute Gasteiger partial charge is 0.363 e. The number of hydrogen-bond acceptors (Lipinski definition) is 2. The zero-order valence-corrected chi connectivity index (χ0v) is 16.3. The van der Waals surface area contributed by atoms with Crippen LogP contribution in [0.5, 0.6) is 0 Å². The molecule has 2 nitrogen and oxygen atoms in total. The largest absolute Gasteiger partial charge is 0.416 e. The summed E-state index contributed by atoms with van der Waals surface area (Å²) >= 11 is 0. The molecule has 0 saturated carbocycles. The Hall–Kier alpha value is -3.08. The lowest BCUT2D eigenvalue weighted by Crippen LogP contribution is -2.14. The van der Waals surface area contributed by atoms with Gasteiger partial charge in [0.05, 0.1) is 11.3 Å². The van der Waals surface area contributed by atoms with E-state index in [0.29, 0.717) is 0 Å². The lowest BCUT2D eigenvalue weighted by atomic mass is 10.0. The number of aryl methyl sites for hydroxylation is 2. The fourth-order valence-corrected chi connectivity index (χ4v) is 3.56. The van der Waals surface area contributed by atoms with Crippen LogP contribution in [0, 0.1) is 13.8 Å². The van der Waals surface area contributed by atoms with E-state index in [0.717, 1.165) is 36.5 Å². The summed E-state index contributed by atoms with van der Waals surface area (Å²) in [5, 5.41) is 0. The highest BCUT2D eigenvalue weighted by molar-refractivity contribution is 5.82. The highest BCUT2D eigenvalue weighted by Gasteiger charge is 2.30. The number of nitrogens with zero attached hydrogens (tertiary/aromatic N) is 2. The molecule has 4 rings (SSSR count). The number of alkyl halides is 3. The number of rotatable bonds is 3. The molecule has 0 aromatic heterocycles.